The van der Waals surface area contributed by atoms with Crippen molar-refractivity contribution < 1.29 is 4.42 Å². The highest BCUT2D eigenvalue weighted by molar-refractivity contribution is 5.39. The Morgan fingerprint density at radius 1 is 1.28 bits per heavy atom. The standard InChI is InChI=1S/C14H19N3O/c1-3-15-8-12-4-5-14(16-9-12)17(2)10-13-6-7-18-11-13/h4-7,9,11,15H,3,8,10H2,1-2H3. The molecule has 0 fully saturated rings. The summed E-state index contributed by atoms with van der Waals surface area (Å²) in [6, 6.07) is 6.12. The molecule has 2 rings (SSSR count). The number of nitrogens with one attached hydrogen (secondary N) is 1. The molecule has 1 N–H and O–H groups in total. The van der Waals surface area contributed by atoms with Crippen molar-refractivity contribution in [2.75, 3.05) is 18.5 Å². The molecule has 0 saturated carbocycles. The van der Waals surface area contributed by atoms with Gasteiger partial charge in [0, 0.05) is 31.9 Å². The lowest BCUT2D eigenvalue weighted by atomic mass is 10.2. The third-order valence-electron chi connectivity index (χ3n) is 2.78. The molecule has 4 heteroatoms. The Balaban J connectivity index is 1.96. The summed E-state index contributed by atoms with van der Waals surface area (Å²) < 4.78 is 5.06. The molecule has 0 aromatic carbocycles. The Morgan fingerprint density at radius 2 is 2.17 bits per heavy atom. The van der Waals surface area contributed by atoms with Gasteiger partial charge in [0.1, 0.15) is 5.82 Å². The van der Waals surface area contributed by atoms with Gasteiger partial charge in [-0.25, -0.2) is 4.98 Å². The minimum atomic E-state index is 0.802. The molecular formula is C14H19N3O. The van der Waals surface area contributed by atoms with E-state index in [1.807, 2.05) is 25.4 Å². The molecule has 2 aromatic heterocycles. The van der Waals surface area contributed by atoms with Crippen LogP contribution in [0.4, 0.5) is 5.82 Å². The second kappa shape index (κ2) is 6.21. The van der Waals surface area contributed by atoms with Gasteiger partial charge in [0.25, 0.3) is 0 Å². The van der Waals surface area contributed by atoms with E-state index in [0.717, 1.165) is 31.0 Å². The molecule has 0 spiro atoms. The Hall–Kier alpha value is -1.81. The van der Waals surface area contributed by atoms with Gasteiger partial charge in [-0.05, 0) is 24.2 Å². The molecule has 2 heterocycles. The van der Waals surface area contributed by atoms with Crippen LogP contribution in [-0.4, -0.2) is 18.6 Å². The molecule has 18 heavy (non-hydrogen) atoms. The third kappa shape index (κ3) is 3.34. The van der Waals surface area contributed by atoms with Gasteiger partial charge < -0.3 is 14.6 Å². The predicted octanol–water partition coefficient (Wildman–Crippen LogP) is 2.42. The Kier molecular flexibility index (Phi) is 4.36. The lowest BCUT2D eigenvalue weighted by molar-refractivity contribution is 0.563. The molecule has 0 bridgehead atoms. The maximum atomic E-state index is 5.06. The number of hydrogen-bond donors (Lipinski definition) is 1. The van der Waals surface area contributed by atoms with E-state index in [9.17, 15) is 0 Å². The molecule has 0 aliphatic rings. The van der Waals surface area contributed by atoms with Gasteiger partial charge in [-0.3, -0.25) is 0 Å². The lowest BCUT2D eigenvalue weighted by Crippen LogP contribution is -2.17. The molecule has 0 saturated heterocycles. The number of aromatic nitrogens is 1. The highest BCUT2D eigenvalue weighted by atomic mass is 16.3. The average Bonchev–Trinajstić information content (AvgIpc) is 2.89. The Labute approximate surface area is 108 Å². The fraction of sp³-hybridized carbons (Fsp3) is 0.357. The van der Waals surface area contributed by atoms with Crippen molar-refractivity contribution in [1.29, 1.82) is 0 Å². The highest BCUT2D eigenvalue weighted by Gasteiger charge is 2.04. The van der Waals surface area contributed by atoms with Crippen LogP contribution in [0.5, 0.6) is 0 Å². The van der Waals surface area contributed by atoms with E-state index in [1.165, 1.54) is 5.56 Å². The number of anilines is 1. The molecule has 0 aliphatic carbocycles. The number of nitrogens with zero attached hydrogens (tertiary/aromatic N) is 2. The molecule has 0 radical (unpaired) electrons. The molecular weight excluding hydrogens is 226 g/mol. The largest absolute Gasteiger partial charge is 0.472 e. The van der Waals surface area contributed by atoms with E-state index < -0.39 is 0 Å². The zero-order valence-electron chi connectivity index (χ0n) is 10.9. The molecule has 0 amide bonds. The van der Waals surface area contributed by atoms with Crippen LogP contribution in [0.3, 0.4) is 0 Å². The second-order valence-electron chi connectivity index (χ2n) is 4.29. The van der Waals surface area contributed by atoms with Crippen LogP contribution in [0, 0.1) is 0 Å². The average molecular weight is 245 g/mol. The number of furan rings is 1. The van der Waals surface area contributed by atoms with Crippen molar-refractivity contribution in [2.45, 2.75) is 20.0 Å². The second-order valence-corrected chi connectivity index (χ2v) is 4.29. The van der Waals surface area contributed by atoms with Gasteiger partial charge in [-0.2, -0.15) is 0 Å². The van der Waals surface area contributed by atoms with Crippen LogP contribution in [0.15, 0.2) is 41.3 Å². The first-order chi connectivity index (χ1) is 8.79. The summed E-state index contributed by atoms with van der Waals surface area (Å²) in [6.45, 7) is 4.74. The van der Waals surface area contributed by atoms with Crippen molar-refractivity contribution in [1.82, 2.24) is 10.3 Å². The van der Waals surface area contributed by atoms with Crippen molar-refractivity contribution in [3.63, 3.8) is 0 Å². The van der Waals surface area contributed by atoms with Crippen LogP contribution in [-0.2, 0) is 13.1 Å². The Morgan fingerprint density at radius 3 is 2.78 bits per heavy atom. The quantitative estimate of drug-likeness (QED) is 0.848. The first kappa shape index (κ1) is 12.6. The van der Waals surface area contributed by atoms with E-state index in [-0.39, 0.29) is 0 Å². The molecule has 96 valence electrons. The normalized spacial score (nSPS) is 10.6. The molecule has 0 unspecified atom stereocenters. The molecule has 0 aliphatic heterocycles. The molecule has 4 nitrogen and oxygen atoms in total. The summed E-state index contributed by atoms with van der Waals surface area (Å²) >= 11 is 0. The van der Waals surface area contributed by atoms with Crippen molar-refractivity contribution in [2.24, 2.45) is 0 Å². The van der Waals surface area contributed by atoms with Gasteiger partial charge in [0.15, 0.2) is 0 Å². The van der Waals surface area contributed by atoms with Gasteiger partial charge in [-0.15, -0.1) is 0 Å². The maximum absolute atomic E-state index is 5.06. The number of rotatable bonds is 6. The van der Waals surface area contributed by atoms with Gasteiger partial charge in [0.05, 0.1) is 12.5 Å². The van der Waals surface area contributed by atoms with Crippen LogP contribution in [0.25, 0.3) is 0 Å². The monoisotopic (exact) mass is 245 g/mol. The third-order valence-corrected chi connectivity index (χ3v) is 2.78. The summed E-state index contributed by atoms with van der Waals surface area (Å²) in [5.74, 6) is 0.969. The minimum Gasteiger partial charge on any atom is -0.472 e. The topological polar surface area (TPSA) is 41.3 Å². The van der Waals surface area contributed by atoms with Crippen LogP contribution in [0.2, 0.25) is 0 Å². The fourth-order valence-corrected chi connectivity index (χ4v) is 1.75. The van der Waals surface area contributed by atoms with Crippen LogP contribution in [0.1, 0.15) is 18.1 Å². The van der Waals surface area contributed by atoms with E-state index in [0.29, 0.717) is 0 Å². The zero-order chi connectivity index (χ0) is 12.8. The first-order valence-corrected chi connectivity index (χ1v) is 6.17. The highest BCUT2D eigenvalue weighted by Crippen LogP contribution is 2.13. The summed E-state index contributed by atoms with van der Waals surface area (Å²) in [5, 5.41) is 3.28. The Bertz CT molecular complexity index is 450. The van der Waals surface area contributed by atoms with Gasteiger partial charge in [0.2, 0.25) is 0 Å². The van der Waals surface area contributed by atoms with Crippen LogP contribution < -0.4 is 10.2 Å². The van der Waals surface area contributed by atoms with Crippen LogP contribution >= 0.6 is 0 Å². The van der Waals surface area contributed by atoms with E-state index in [4.69, 9.17) is 4.42 Å². The number of pyridine rings is 1. The van der Waals surface area contributed by atoms with Crippen molar-refractivity contribution in [3.8, 4) is 0 Å². The smallest absolute Gasteiger partial charge is 0.128 e. The van der Waals surface area contributed by atoms with E-state index >= 15 is 0 Å². The van der Waals surface area contributed by atoms with E-state index in [2.05, 4.69) is 28.2 Å². The van der Waals surface area contributed by atoms with Gasteiger partial charge in [-0.1, -0.05) is 13.0 Å². The van der Waals surface area contributed by atoms with Crippen molar-refractivity contribution >= 4 is 5.82 Å². The first-order valence-electron chi connectivity index (χ1n) is 6.17. The molecule has 0 atom stereocenters. The summed E-state index contributed by atoms with van der Waals surface area (Å²) in [4.78, 5) is 6.57. The zero-order valence-corrected chi connectivity index (χ0v) is 10.9. The fourth-order valence-electron chi connectivity index (χ4n) is 1.75. The predicted molar refractivity (Wildman–Crippen MR) is 72.4 cm³/mol. The summed E-state index contributed by atoms with van der Waals surface area (Å²) in [7, 11) is 2.03. The van der Waals surface area contributed by atoms with E-state index in [1.54, 1.807) is 12.5 Å². The molecule has 2 aromatic rings. The SMILES string of the molecule is CCNCc1ccc(N(C)Cc2ccoc2)nc1. The minimum absolute atomic E-state index is 0.802. The summed E-state index contributed by atoms with van der Waals surface area (Å²) in [5.41, 5.74) is 2.35. The maximum Gasteiger partial charge on any atom is 0.128 e. The van der Waals surface area contributed by atoms with Crippen molar-refractivity contribution in [3.05, 3.63) is 48.0 Å². The lowest BCUT2D eigenvalue weighted by Gasteiger charge is -2.17. The number of hydrogen-bond acceptors (Lipinski definition) is 4. The van der Waals surface area contributed by atoms with Gasteiger partial charge >= 0.3 is 0 Å². The summed E-state index contributed by atoms with van der Waals surface area (Å²) in [6.07, 6.45) is 5.37.